The Hall–Kier alpha value is -2.34. The van der Waals surface area contributed by atoms with E-state index in [4.69, 9.17) is 0 Å². The van der Waals surface area contributed by atoms with Crippen LogP contribution in [0.5, 0.6) is 0 Å². The third kappa shape index (κ3) is 3.14. The lowest BCUT2D eigenvalue weighted by atomic mass is 9.86. The molecule has 0 saturated heterocycles. The van der Waals surface area contributed by atoms with Crippen molar-refractivity contribution < 1.29 is 0 Å². The molecule has 0 amide bonds. The van der Waals surface area contributed by atoms with Gasteiger partial charge in [0.25, 0.3) is 0 Å². The minimum Gasteiger partial charge on any atom is -0.0619 e. The van der Waals surface area contributed by atoms with Gasteiger partial charge in [-0.25, -0.2) is 0 Å². The van der Waals surface area contributed by atoms with Gasteiger partial charge in [-0.3, -0.25) is 0 Å². The van der Waals surface area contributed by atoms with Gasteiger partial charge in [0.1, 0.15) is 0 Å². The van der Waals surface area contributed by atoms with Gasteiger partial charge >= 0.3 is 0 Å². The second-order valence-electron chi connectivity index (χ2n) is 7.42. The highest BCUT2D eigenvalue weighted by molar-refractivity contribution is 5.80. The average molecular weight is 326 g/mol. The molecule has 0 atom stereocenters. The number of hydrogen-bond donors (Lipinski definition) is 0. The third-order valence-electron chi connectivity index (χ3n) is 5.71. The highest BCUT2D eigenvalue weighted by Crippen LogP contribution is 2.41. The Balaban J connectivity index is 1.84. The summed E-state index contributed by atoms with van der Waals surface area (Å²) in [5.41, 5.74) is 9.74. The van der Waals surface area contributed by atoms with Gasteiger partial charge in [0.05, 0.1) is 0 Å². The first-order valence-electron chi connectivity index (χ1n) is 9.50. The summed E-state index contributed by atoms with van der Waals surface area (Å²) in [6.45, 7) is 4.44. The first-order valence-corrected chi connectivity index (χ1v) is 9.50. The van der Waals surface area contributed by atoms with Gasteiger partial charge in [0.15, 0.2) is 0 Å². The monoisotopic (exact) mass is 326 g/mol. The molecule has 126 valence electrons. The molecule has 1 aliphatic rings. The van der Waals surface area contributed by atoms with Crippen molar-refractivity contribution in [2.24, 2.45) is 0 Å². The first-order chi connectivity index (χ1) is 12.2. The minimum absolute atomic E-state index is 0.734. The molecular weight excluding hydrogens is 300 g/mol. The zero-order chi connectivity index (χ0) is 17.2. The lowest BCUT2D eigenvalue weighted by Gasteiger charge is -2.19. The zero-order valence-corrected chi connectivity index (χ0v) is 15.3. The number of hydrogen-bond acceptors (Lipinski definition) is 0. The molecule has 0 nitrogen and oxygen atoms in total. The van der Waals surface area contributed by atoms with Crippen molar-refractivity contribution in [2.75, 3.05) is 0 Å². The molecule has 1 aliphatic carbocycles. The summed E-state index contributed by atoms with van der Waals surface area (Å²) in [4.78, 5) is 0. The molecule has 0 spiro atoms. The number of benzene rings is 3. The van der Waals surface area contributed by atoms with E-state index in [1.165, 1.54) is 59.1 Å². The minimum atomic E-state index is 0.734. The maximum absolute atomic E-state index is 2.35. The second-order valence-corrected chi connectivity index (χ2v) is 7.42. The molecule has 4 rings (SSSR count). The molecule has 0 bridgehead atoms. The lowest BCUT2D eigenvalue weighted by molar-refractivity contribution is 0.725. The van der Waals surface area contributed by atoms with Crippen molar-refractivity contribution in [3.05, 3.63) is 83.4 Å². The van der Waals surface area contributed by atoms with E-state index in [1.54, 1.807) is 5.56 Å². The predicted molar refractivity (Wildman–Crippen MR) is 108 cm³/mol. The fourth-order valence-electron chi connectivity index (χ4n) is 4.39. The fourth-order valence-corrected chi connectivity index (χ4v) is 4.39. The van der Waals surface area contributed by atoms with E-state index < -0.39 is 0 Å². The SMILES string of the molecule is Cc1cccc(-c2cccc(-c3ccccc3C3CCCC3)c2C)c1. The van der Waals surface area contributed by atoms with E-state index >= 15 is 0 Å². The Labute approximate surface area is 151 Å². The van der Waals surface area contributed by atoms with Gasteiger partial charge in [-0.15, -0.1) is 0 Å². The van der Waals surface area contributed by atoms with E-state index in [-0.39, 0.29) is 0 Å². The van der Waals surface area contributed by atoms with Crippen LogP contribution < -0.4 is 0 Å². The third-order valence-corrected chi connectivity index (χ3v) is 5.71. The summed E-state index contributed by atoms with van der Waals surface area (Å²) in [7, 11) is 0. The average Bonchev–Trinajstić information content (AvgIpc) is 3.16. The first kappa shape index (κ1) is 16.1. The van der Waals surface area contributed by atoms with Crippen molar-refractivity contribution in [1.29, 1.82) is 0 Å². The van der Waals surface area contributed by atoms with Crippen LogP contribution in [0.3, 0.4) is 0 Å². The largest absolute Gasteiger partial charge is 0.0619 e. The van der Waals surface area contributed by atoms with Crippen LogP contribution in [0, 0.1) is 13.8 Å². The summed E-state index contributed by atoms with van der Waals surface area (Å²) in [5.74, 6) is 0.734. The Morgan fingerprint density at radius 1 is 0.680 bits per heavy atom. The van der Waals surface area contributed by atoms with Gasteiger partial charge in [-0.1, -0.05) is 85.1 Å². The molecular formula is C25H26. The summed E-state index contributed by atoms with van der Waals surface area (Å²) >= 11 is 0. The van der Waals surface area contributed by atoms with E-state index in [9.17, 15) is 0 Å². The van der Waals surface area contributed by atoms with Crippen LogP contribution in [0.1, 0.15) is 48.3 Å². The van der Waals surface area contributed by atoms with Crippen LogP contribution in [0.15, 0.2) is 66.7 Å². The molecule has 1 fully saturated rings. The van der Waals surface area contributed by atoms with E-state index in [0.29, 0.717) is 0 Å². The standard InChI is InChI=1S/C25H26/c1-18-9-7-12-21(17-18)22-15-8-16-23(19(22)2)25-14-6-5-13-24(25)20-10-3-4-11-20/h5-9,12-17,20H,3-4,10-11H2,1-2H3. The van der Waals surface area contributed by atoms with Crippen LogP contribution in [-0.4, -0.2) is 0 Å². The van der Waals surface area contributed by atoms with Crippen LogP contribution in [-0.2, 0) is 0 Å². The summed E-state index contributed by atoms with van der Waals surface area (Å²) in [6, 6.07) is 24.7. The molecule has 0 N–H and O–H groups in total. The molecule has 0 unspecified atom stereocenters. The van der Waals surface area contributed by atoms with Gasteiger partial charge < -0.3 is 0 Å². The maximum Gasteiger partial charge on any atom is -0.0146 e. The quantitative estimate of drug-likeness (QED) is 0.474. The summed E-state index contributed by atoms with van der Waals surface area (Å²) in [5, 5.41) is 0. The van der Waals surface area contributed by atoms with E-state index in [0.717, 1.165) is 5.92 Å². The van der Waals surface area contributed by atoms with Crippen LogP contribution in [0.2, 0.25) is 0 Å². The highest BCUT2D eigenvalue weighted by Gasteiger charge is 2.21. The van der Waals surface area contributed by atoms with Gasteiger partial charge in [0.2, 0.25) is 0 Å². The Morgan fingerprint density at radius 2 is 1.36 bits per heavy atom. The number of aryl methyl sites for hydroxylation is 1. The van der Waals surface area contributed by atoms with E-state index in [1.807, 2.05) is 0 Å². The Kier molecular flexibility index (Phi) is 4.44. The van der Waals surface area contributed by atoms with Crippen molar-refractivity contribution in [3.63, 3.8) is 0 Å². The van der Waals surface area contributed by atoms with Crippen molar-refractivity contribution >= 4 is 0 Å². The van der Waals surface area contributed by atoms with Crippen LogP contribution >= 0.6 is 0 Å². The smallest absolute Gasteiger partial charge is 0.0146 e. The second kappa shape index (κ2) is 6.88. The van der Waals surface area contributed by atoms with Crippen LogP contribution in [0.4, 0.5) is 0 Å². The fraction of sp³-hybridized carbons (Fsp3) is 0.280. The van der Waals surface area contributed by atoms with Crippen molar-refractivity contribution in [1.82, 2.24) is 0 Å². The van der Waals surface area contributed by atoms with Gasteiger partial charge in [0, 0.05) is 0 Å². The molecule has 3 aromatic rings. The zero-order valence-electron chi connectivity index (χ0n) is 15.3. The highest BCUT2D eigenvalue weighted by atomic mass is 14.3. The molecule has 0 aliphatic heterocycles. The molecule has 3 aromatic carbocycles. The normalized spacial score (nSPS) is 14.8. The van der Waals surface area contributed by atoms with Gasteiger partial charge in [-0.2, -0.15) is 0 Å². The Bertz CT molecular complexity index is 882. The van der Waals surface area contributed by atoms with Gasteiger partial charge in [-0.05, 0) is 66.0 Å². The lowest BCUT2D eigenvalue weighted by Crippen LogP contribution is -1.97. The van der Waals surface area contributed by atoms with Crippen LogP contribution in [0.25, 0.3) is 22.3 Å². The van der Waals surface area contributed by atoms with Crippen molar-refractivity contribution in [2.45, 2.75) is 45.4 Å². The molecule has 25 heavy (non-hydrogen) atoms. The summed E-state index contributed by atoms with van der Waals surface area (Å²) < 4.78 is 0. The summed E-state index contributed by atoms with van der Waals surface area (Å²) in [6.07, 6.45) is 5.43. The molecule has 0 aromatic heterocycles. The Morgan fingerprint density at radius 3 is 2.16 bits per heavy atom. The topological polar surface area (TPSA) is 0 Å². The van der Waals surface area contributed by atoms with E-state index in [2.05, 4.69) is 80.6 Å². The molecule has 0 heterocycles. The molecule has 0 heteroatoms. The molecule has 0 radical (unpaired) electrons. The predicted octanol–water partition coefficient (Wildman–Crippen LogP) is 7.30. The van der Waals surface area contributed by atoms with Crippen molar-refractivity contribution in [3.8, 4) is 22.3 Å². The molecule has 1 saturated carbocycles. The maximum atomic E-state index is 2.35. The number of rotatable bonds is 3.